The van der Waals surface area contributed by atoms with Gasteiger partial charge in [-0.1, -0.05) is 17.9 Å². The van der Waals surface area contributed by atoms with Gasteiger partial charge in [0.15, 0.2) is 0 Å². The van der Waals surface area contributed by atoms with Crippen LogP contribution in [0.25, 0.3) is 0 Å². The lowest BCUT2D eigenvalue weighted by molar-refractivity contribution is 1.80. The van der Waals surface area contributed by atoms with Gasteiger partial charge in [-0.15, -0.1) is 31.4 Å². The molecular weight excluding hydrogens is 184 g/mol. The van der Waals surface area contributed by atoms with E-state index in [2.05, 4.69) is 26.4 Å². The minimum atomic E-state index is 0. The molecule has 0 radical (unpaired) electrons. The summed E-state index contributed by atoms with van der Waals surface area (Å²) < 4.78 is 0. The van der Waals surface area contributed by atoms with Crippen molar-refractivity contribution in [3.8, 4) is 0 Å². The largest absolute Gasteiger partial charge is 0.344 e. The van der Waals surface area contributed by atoms with Gasteiger partial charge in [0.05, 0.1) is 0 Å². The molecule has 3 N–H and O–H groups in total. The predicted molar refractivity (Wildman–Crippen MR) is 51.1 cm³/mol. The number of hydrogen-bond donors (Lipinski definition) is 1. The Morgan fingerprint density at radius 3 is 1.38 bits per heavy atom. The van der Waals surface area contributed by atoms with Crippen LogP contribution in [0.3, 0.4) is 0 Å². The fourth-order valence-electron chi connectivity index (χ4n) is 0. The van der Waals surface area contributed by atoms with E-state index in [1.807, 2.05) is 6.92 Å². The van der Waals surface area contributed by atoms with E-state index in [0.717, 1.165) is 0 Å². The number of allylic oxidation sites excluding steroid dienone is 1. The fourth-order valence-corrected chi connectivity index (χ4v) is 0. The molecular formula is C3H12Cl2NPS. The molecule has 0 aliphatic rings. The first-order chi connectivity index (χ1) is 2.41. The van der Waals surface area contributed by atoms with Crippen LogP contribution < -0.4 is 6.15 Å². The van der Waals surface area contributed by atoms with Crippen LogP contribution in [0.2, 0.25) is 0 Å². The Labute approximate surface area is 70.6 Å². The zero-order chi connectivity index (χ0) is 4.71. The molecule has 0 aliphatic carbocycles. The minimum absolute atomic E-state index is 0. The third kappa shape index (κ3) is 357. The highest BCUT2D eigenvalue weighted by atomic mass is 35.5. The third-order valence-electron chi connectivity index (χ3n) is 0. The first-order valence-electron chi connectivity index (χ1n) is 1.19. The standard InChI is InChI=1S/C3H6.2ClH.H3N.HPS/c1-3-2;;;;1-2/h3H,1H2,2H3;2*1H;1H3;1H. The van der Waals surface area contributed by atoms with Gasteiger partial charge in [0.1, 0.15) is 0 Å². The molecule has 8 heavy (non-hydrogen) atoms. The number of rotatable bonds is 0. The molecule has 0 rings (SSSR count). The molecule has 0 aromatic rings. The summed E-state index contributed by atoms with van der Waals surface area (Å²) in [5, 5.41) is 0. The molecule has 0 spiro atoms. The van der Waals surface area contributed by atoms with Crippen molar-refractivity contribution in [3.63, 3.8) is 0 Å². The summed E-state index contributed by atoms with van der Waals surface area (Å²) in [7, 11) is 2.56. The van der Waals surface area contributed by atoms with Gasteiger partial charge in [-0.2, -0.15) is 0 Å². The maximum absolute atomic E-state index is 3.89. The van der Waals surface area contributed by atoms with Gasteiger partial charge in [-0.25, -0.2) is 0 Å². The maximum Gasteiger partial charge on any atom is -0.0437 e. The Morgan fingerprint density at radius 2 is 1.38 bits per heavy atom. The fraction of sp³-hybridized carbons (Fsp3) is 0.333. The molecule has 0 heterocycles. The summed E-state index contributed by atoms with van der Waals surface area (Å²) in [4.78, 5) is 0. The van der Waals surface area contributed by atoms with Gasteiger partial charge in [-0.3, -0.25) is 0 Å². The van der Waals surface area contributed by atoms with E-state index in [1.54, 1.807) is 6.08 Å². The summed E-state index contributed by atoms with van der Waals surface area (Å²) in [6.07, 6.45) is 1.75. The van der Waals surface area contributed by atoms with Crippen molar-refractivity contribution in [1.29, 1.82) is 0 Å². The summed E-state index contributed by atoms with van der Waals surface area (Å²) in [6, 6.07) is 0. The summed E-state index contributed by atoms with van der Waals surface area (Å²) >= 11 is 3.89. The van der Waals surface area contributed by atoms with Crippen molar-refractivity contribution in [3.05, 3.63) is 12.7 Å². The van der Waals surface area contributed by atoms with Gasteiger partial charge in [0.25, 0.3) is 0 Å². The summed E-state index contributed by atoms with van der Waals surface area (Å²) in [5.74, 6) is 0. The highest BCUT2D eigenvalue weighted by Crippen LogP contribution is 1.38. The molecule has 54 valence electrons. The second kappa shape index (κ2) is 111. The zero-order valence-corrected chi connectivity index (χ0v) is 8.17. The average Bonchev–Trinajstić information content (AvgIpc) is 1.46. The monoisotopic (exact) mass is 195 g/mol. The predicted octanol–water partition coefficient (Wildman–Crippen LogP) is 2.79. The van der Waals surface area contributed by atoms with E-state index in [4.69, 9.17) is 0 Å². The molecule has 1 nitrogen and oxygen atoms in total. The first-order valence-corrected chi connectivity index (χ1v) is 2.82. The molecule has 0 bridgehead atoms. The molecule has 0 aromatic heterocycles. The summed E-state index contributed by atoms with van der Waals surface area (Å²) in [5.41, 5.74) is 0. The molecule has 5 heteroatoms. The smallest absolute Gasteiger partial charge is 0.0437 e. The Bertz CT molecular complexity index is 31.2. The van der Waals surface area contributed by atoms with Crippen LogP contribution in [0.1, 0.15) is 6.92 Å². The molecule has 0 saturated carbocycles. The normalized spacial score (nSPS) is 2.12. The lowest BCUT2D eigenvalue weighted by Crippen LogP contribution is -1.07. The van der Waals surface area contributed by atoms with Gasteiger partial charge in [0.2, 0.25) is 0 Å². The van der Waals surface area contributed by atoms with Gasteiger partial charge in [0, 0.05) is 0 Å². The topological polar surface area (TPSA) is 35.0 Å². The van der Waals surface area contributed by atoms with E-state index in [1.165, 1.54) is 0 Å². The van der Waals surface area contributed by atoms with Gasteiger partial charge in [-0.05, 0) is 14.9 Å². The zero-order valence-electron chi connectivity index (χ0n) is 4.72. The second-order valence-corrected chi connectivity index (χ2v) is 0.408. The molecule has 0 amide bonds. The van der Waals surface area contributed by atoms with Crippen LogP contribution in [-0.4, -0.2) is 0 Å². The highest BCUT2D eigenvalue weighted by Gasteiger charge is 1.15. The van der Waals surface area contributed by atoms with Crippen molar-refractivity contribution >= 4 is 44.6 Å². The molecule has 0 fully saturated rings. The van der Waals surface area contributed by atoms with Crippen molar-refractivity contribution < 1.29 is 0 Å². The van der Waals surface area contributed by atoms with Crippen LogP contribution in [0, 0.1) is 0 Å². The SMILES string of the molecule is C=CC.Cl.Cl.N.P=S. The van der Waals surface area contributed by atoms with Crippen molar-refractivity contribution in [2.75, 3.05) is 0 Å². The maximum atomic E-state index is 3.89. The number of halogens is 2. The van der Waals surface area contributed by atoms with E-state index in [9.17, 15) is 0 Å². The lowest BCUT2D eigenvalue weighted by Gasteiger charge is -1.31. The minimum Gasteiger partial charge on any atom is -0.344 e. The third-order valence-corrected chi connectivity index (χ3v) is 0. The Kier molecular flexibility index (Phi) is 516. The van der Waals surface area contributed by atoms with Gasteiger partial charge < -0.3 is 6.15 Å². The van der Waals surface area contributed by atoms with Crippen molar-refractivity contribution in [2.24, 2.45) is 0 Å². The van der Waals surface area contributed by atoms with E-state index in [0.29, 0.717) is 0 Å². The molecule has 0 unspecified atom stereocenters. The lowest BCUT2D eigenvalue weighted by atomic mass is 10.8. The highest BCUT2D eigenvalue weighted by molar-refractivity contribution is 7.88. The van der Waals surface area contributed by atoms with E-state index in [-0.39, 0.29) is 31.0 Å². The van der Waals surface area contributed by atoms with Gasteiger partial charge >= 0.3 is 0 Å². The van der Waals surface area contributed by atoms with Crippen LogP contribution in [0.15, 0.2) is 12.7 Å². The Morgan fingerprint density at radius 1 is 1.38 bits per heavy atom. The molecule has 0 aromatic carbocycles. The van der Waals surface area contributed by atoms with Crippen LogP contribution >= 0.6 is 32.8 Å². The van der Waals surface area contributed by atoms with Crippen molar-refractivity contribution in [2.45, 2.75) is 6.92 Å². The number of hydrogen-bond acceptors (Lipinski definition) is 2. The quantitative estimate of drug-likeness (QED) is 0.477. The van der Waals surface area contributed by atoms with Crippen LogP contribution in [0.5, 0.6) is 0 Å². The second-order valence-electron chi connectivity index (χ2n) is 0.408. The Balaban J connectivity index is -0.00000000567. The average molecular weight is 196 g/mol. The Hall–Kier alpha value is 0.800. The molecule has 0 saturated heterocycles. The van der Waals surface area contributed by atoms with Crippen molar-refractivity contribution in [1.82, 2.24) is 6.15 Å². The first kappa shape index (κ1) is 37.1. The van der Waals surface area contributed by atoms with E-state index >= 15 is 0 Å². The summed E-state index contributed by atoms with van der Waals surface area (Å²) in [6.45, 7) is 5.25. The molecule has 0 atom stereocenters. The van der Waals surface area contributed by atoms with E-state index < -0.39 is 0 Å². The van der Waals surface area contributed by atoms with Crippen LogP contribution in [-0.2, 0) is 11.8 Å². The molecule has 0 aliphatic heterocycles. The van der Waals surface area contributed by atoms with Crippen LogP contribution in [0.4, 0.5) is 0 Å².